The third-order valence-electron chi connectivity index (χ3n) is 3.81. The average molecular weight is 249 g/mol. The van der Waals surface area contributed by atoms with Crippen LogP contribution in [0.3, 0.4) is 0 Å². The molecule has 1 aromatic carbocycles. The molecule has 0 aromatic heterocycles. The summed E-state index contributed by atoms with van der Waals surface area (Å²) in [6.07, 6.45) is 2.16. The highest BCUT2D eigenvalue weighted by Gasteiger charge is 2.32. The van der Waals surface area contributed by atoms with E-state index in [1.165, 1.54) is 0 Å². The Kier molecular flexibility index (Phi) is 4.09. The van der Waals surface area contributed by atoms with Gasteiger partial charge in [0.25, 0.3) is 0 Å². The lowest BCUT2D eigenvalue weighted by molar-refractivity contribution is 0.209. The van der Waals surface area contributed by atoms with E-state index in [1.54, 1.807) is 7.11 Å². The average Bonchev–Trinajstić information content (AvgIpc) is 2.42. The zero-order chi connectivity index (χ0) is 13.0. The maximum absolute atomic E-state index is 5.99. The number of nitrogens with zero attached hydrogens (tertiary/aromatic N) is 1. The summed E-state index contributed by atoms with van der Waals surface area (Å²) < 4.78 is 5.25. The Balaban J connectivity index is 2.09. The second-order valence-corrected chi connectivity index (χ2v) is 5.14. The minimum atomic E-state index is 0.0267. The van der Waals surface area contributed by atoms with Gasteiger partial charge in [-0.15, -0.1) is 0 Å². The normalized spacial score (nSPS) is 19.5. The first-order valence-electron chi connectivity index (χ1n) is 6.48. The molecule has 1 aliphatic heterocycles. The van der Waals surface area contributed by atoms with Crippen LogP contribution in [0.4, 0.5) is 5.69 Å². The summed E-state index contributed by atoms with van der Waals surface area (Å²) in [6.45, 7) is 2.85. The van der Waals surface area contributed by atoms with E-state index in [4.69, 9.17) is 10.5 Å². The SMILES string of the molecule is COc1cccc(NC2(CN)CCN(C)CC2)c1. The van der Waals surface area contributed by atoms with E-state index in [-0.39, 0.29) is 5.54 Å². The smallest absolute Gasteiger partial charge is 0.120 e. The van der Waals surface area contributed by atoms with Crippen LogP contribution in [0.2, 0.25) is 0 Å². The van der Waals surface area contributed by atoms with Crippen molar-refractivity contribution in [2.75, 3.05) is 39.1 Å². The number of anilines is 1. The number of benzene rings is 1. The Morgan fingerprint density at radius 2 is 2.11 bits per heavy atom. The third-order valence-corrected chi connectivity index (χ3v) is 3.81. The monoisotopic (exact) mass is 249 g/mol. The second-order valence-electron chi connectivity index (χ2n) is 5.14. The molecule has 3 N–H and O–H groups in total. The van der Waals surface area contributed by atoms with E-state index < -0.39 is 0 Å². The molecule has 4 nitrogen and oxygen atoms in total. The van der Waals surface area contributed by atoms with Crippen LogP contribution in [0.25, 0.3) is 0 Å². The summed E-state index contributed by atoms with van der Waals surface area (Å²) in [7, 11) is 3.85. The largest absolute Gasteiger partial charge is 0.497 e. The minimum absolute atomic E-state index is 0.0267. The van der Waals surface area contributed by atoms with Gasteiger partial charge in [-0.3, -0.25) is 0 Å². The number of nitrogens with one attached hydrogen (secondary N) is 1. The zero-order valence-corrected chi connectivity index (χ0v) is 11.3. The molecule has 0 bridgehead atoms. The molecule has 0 saturated carbocycles. The molecular formula is C14H23N3O. The summed E-state index contributed by atoms with van der Waals surface area (Å²) in [4.78, 5) is 2.35. The van der Waals surface area contributed by atoms with Crippen molar-refractivity contribution in [2.24, 2.45) is 5.73 Å². The summed E-state index contributed by atoms with van der Waals surface area (Å²) in [5, 5.41) is 3.61. The fourth-order valence-electron chi connectivity index (χ4n) is 2.43. The fraction of sp³-hybridized carbons (Fsp3) is 0.571. The van der Waals surface area contributed by atoms with Gasteiger partial charge in [0.15, 0.2) is 0 Å². The number of hydrogen-bond donors (Lipinski definition) is 2. The number of methoxy groups -OCH3 is 1. The van der Waals surface area contributed by atoms with Gasteiger partial charge >= 0.3 is 0 Å². The second kappa shape index (κ2) is 5.59. The van der Waals surface area contributed by atoms with E-state index in [2.05, 4.69) is 23.3 Å². The number of hydrogen-bond acceptors (Lipinski definition) is 4. The van der Waals surface area contributed by atoms with Gasteiger partial charge in [-0.25, -0.2) is 0 Å². The van der Waals surface area contributed by atoms with Gasteiger partial charge in [0, 0.05) is 31.4 Å². The predicted octanol–water partition coefficient (Wildman–Crippen LogP) is 1.53. The van der Waals surface area contributed by atoms with Gasteiger partial charge in [-0.1, -0.05) is 6.07 Å². The number of rotatable bonds is 4. The highest BCUT2D eigenvalue weighted by Crippen LogP contribution is 2.27. The van der Waals surface area contributed by atoms with Crippen LogP contribution >= 0.6 is 0 Å². The molecule has 0 amide bonds. The molecule has 18 heavy (non-hydrogen) atoms. The third kappa shape index (κ3) is 2.94. The van der Waals surface area contributed by atoms with Crippen molar-refractivity contribution in [1.82, 2.24) is 4.90 Å². The Labute approximate surface area is 109 Å². The van der Waals surface area contributed by atoms with Gasteiger partial charge < -0.3 is 20.7 Å². The van der Waals surface area contributed by atoms with E-state index in [0.29, 0.717) is 6.54 Å². The Bertz CT molecular complexity index is 386. The lowest BCUT2D eigenvalue weighted by Crippen LogP contribution is -2.52. The van der Waals surface area contributed by atoms with Crippen LogP contribution in [-0.4, -0.2) is 44.2 Å². The van der Waals surface area contributed by atoms with Gasteiger partial charge in [-0.2, -0.15) is 0 Å². The van der Waals surface area contributed by atoms with Crippen molar-refractivity contribution in [3.05, 3.63) is 24.3 Å². The molecule has 0 atom stereocenters. The van der Waals surface area contributed by atoms with Gasteiger partial charge in [0.1, 0.15) is 5.75 Å². The minimum Gasteiger partial charge on any atom is -0.497 e. The van der Waals surface area contributed by atoms with E-state index in [0.717, 1.165) is 37.4 Å². The summed E-state index contributed by atoms with van der Waals surface area (Å²) >= 11 is 0. The molecule has 2 rings (SSSR count). The van der Waals surface area contributed by atoms with Crippen molar-refractivity contribution in [3.8, 4) is 5.75 Å². The van der Waals surface area contributed by atoms with Crippen molar-refractivity contribution < 1.29 is 4.74 Å². The topological polar surface area (TPSA) is 50.5 Å². The number of ether oxygens (including phenoxy) is 1. The molecule has 0 aliphatic carbocycles. The zero-order valence-electron chi connectivity index (χ0n) is 11.3. The Morgan fingerprint density at radius 3 is 2.72 bits per heavy atom. The molecule has 1 heterocycles. The van der Waals surface area contributed by atoms with Crippen LogP contribution in [0.5, 0.6) is 5.75 Å². The summed E-state index contributed by atoms with van der Waals surface area (Å²) in [5.74, 6) is 0.875. The summed E-state index contributed by atoms with van der Waals surface area (Å²) in [5.41, 5.74) is 7.10. The fourth-order valence-corrected chi connectivity index (χ4v) is 2.43. The van der Waals surface area contributed by atoms with Crippen LogP contribution in [0.1, 0.15) is 12.8 Å². The highest BCUT2D eigenvalue weighted by atomic mass is 16.5. The lowest BCUT2D eigenvalue weighted by Gasteiger charge is -2.41. The molecule has 1 saturated heterocycles. The molecule has 100 valence electrons. The van der Waals surface area contributed by atoms with Crippen LogP contribution in [-0.2, 0) is 0 Å². The number of likely N-dealkylation sites (tertiary alicyclic amines) is 1. The Hall–Kier alpha value is -1.26. The van der Waals surface area contributed by atoms with Crippen molar-refractivity contribution >= 4 is 5.69 Å². The first kappa shape index (κ1) is 13.2. The van der Waals surface area contributed by atoms with E-state index in [9.17, 15) is 0 Å². The van der Waals surface area contributed by atoms with E-state index >= 15 is 0 Å². The number of nitrogens with two attached hydrogens (primary N) is 1. The lowest BCUT2D eigenvalue weighted by atomic mass is 9.87. The van der Waals surface area contributed by atoms with Crippen LogP contribution in [0, 0.1) is 0 Å². The maximum atomic E-state index is 5.99. The number of piperidine rings is 1. The van der Waals surface area contributed by atoms with Gasteiger partial charge in [0.05, 0.1) is 12.6 Å². The van der Waals surface area contributed by atoms with Gasteiger partial charge in [-0.05, 0) is 32.0 Å². The highest BCUT2D eigenvalue weighted by molar-refractivity contribution is 5.50. The molecule has 1 fully saturated rings. The quantitative estimate of drug-likeness (QED) is 0.849. The van der Waals surface area contributed by atoms with E-state index in [1.807, 2.05) is 18.2 Å². The summed E-state index contributed by atoms with van der Waals surface area (Å²) in [6, 6.07) is 8.04. The van der Waals surface area contributed by atoms with Crippen molar-refractivity contribution in [2.45, 2.75) is 18.4 Å². The maximum Gasteiger partial charge on any atom is 0.120 e. The molecule has 0 unspecified atom stereocenters. The van der Waals surface area contributed by atoms with Crippen molar-refractivity contribution in [1.29, 1.82) is 0 Å². The molecule has 0 spiro atoms. The van der Waals surface area contributed by atoms with Crippen LogP contribution in [0.15, 0.2) is 24.3 Å². The predicted molar refractivity (Wildman–Crippen MR) is 75.1 cm³/mol. The molecule has 1 aliphatic rings. The molecular weight excluding hydrogens is 226 g/mol. The first-order chi connectivity index (χ1) is 8.67. The van der Waals surface area contributed by atoms with Crippen LogP contribution < -0.4 is 15.8 Å². The Morgan fingerprint density at radius 1 is 1.39 bits per heavy atom. The first-order valence-corrected chi connectivity index (χ1v) is 6.48. The molecule has 4 heteroatoms. The van der Waals surface area contributed by atoms with Gasteiger partial charge in [0.2, 0.25) is 0 Å². The molecule has 0 radical (unpaired) electrons. The standard InChI is InChI=1S/C14H23N3O/c1-17-8-6-14(11-15,7-9-17)16-12-4-3-5-13(10-12)18-2/h3-5,10,16H,6-9,11,15H2,1-2H3. The van der Waals surface area contributed by atoms with Crippen molar-refractivity contribution in [3.63, 3.8) is 0 Å². The molecule has 1 aromatic rings.